The molecule has 0 saturated carbocycles. The highest BCUT2D eigenvalue weighted by atomic mass is 127. The van der Waals surface area contributed by atoms with Gasteiger partial charge in [-0.25, -0.2) is 0 Å². The Balaban J connectivity index is 3.28. The van der Waals surface area contributed by atoms with E-state index in [4.69, 9.17) is 10.8 Å². The van der Waals surface area contributed by atoms with Crippen LogP contribution < -0.4 is 21.7 Å². The molecule has 7 N–H and O–H groups in total. The zero-order chi connectivity index (χ0) is 23.9. The summed E-state index contributed by atoms with van der Waals surface area (Å²) in [6.07, 6.45) is -1.63. The van der Waals surface area contributed by atoms with Gasteiger partial charge in [-0.15, -0.1) is 0 Å². The third-order valence-electron chi connectivity index (χ3n) is 3.56. The van der Waals surface area contributed by atoms with E-state index in [1.54, 1.807) is 0 Å². The van der Waals surface area contributed by atoms with Crippen molar-refractivity contribution >= 4 is 120 Å². The van der Waals surface area contributed by atoms with Crippen LogP contribution in [0.5, 0.6) is 0 Å². The number of aliphatic hydroxyl groups is 2. The number of nitrogens with two attached hydrogens (primary N) is 1. The van der Waals surface area contributed by atoms with Crippen molar-refractivity contribution in [1.82, 2.24) is 10.6 Å². The maximum atomic E-state index is 12.7. The van der Waals surface area contributed by atoms with E-state index in [2.05, 4.69) is 22.5 Å². The lowest BCUT2D eigenvalue weighted by Gasteiger charge is -2.19. The molecule has 1 aromatic carbocycles. The first kappa shape index (κ1) is 28.7. The number of carbonyl (C=O) groups excluding carboxylic acids is 4. The Labute approximate surface area is 232 Å². The second-order valence-electron chi connectivity index (χ2n) is 6.00. The summed E-state index contributed by atoms with van der Waals surface area (Å²) in [4.78, 5) is 49.0. The zero-order valence-corrected chi connectivity index (χ0v) is 24.4. The molecular weight excluding hydrogens is 864 g/mol. The minimum absolute atomic E-state index is 0.0374. The lowest BCUT2D eigenvalue weighted by Crippen LogP contribution is -2.35. The Bertz CT molecular complexity index is 925. The summed E-state index contributed by atoms with van der Waals surface area (Å²) in [5, 5.41) is 25.9. The van der Waals surface area contributed by atoms with Gasteiger partial charge in [0.25, 0.3) is 11.8 Å². The van der Waals surface area contributed by atoms with Gasteiger partial charge in [-0.05, 0) is 90.4 Å². The van der Waals surface area contributed by atoms with Crippen LogP contribution in [0, 0.1) is 10.7 Å². The largest absolute Gasteiger partial charge is 0.394 e. The molecule has 0 saturated heterocycles. The summed E-state index contributed by atoms with van der Waals surface area (Å²) in [7, 11) is 0. The molecule has 14 heteroatoms. The topological polar surface area (TPSA) is 171 Å². The Kier molecular flexibility index (Phi) is 12.4. The molecule has 0 heterocycles. The van der Waals surface area contributed by atoms with Crippen molar-refractivity contribution in [1.29, 1.82) is 0 Å². The van der Waals surface area contributed by atoms with E-state index in [1.807, 2.05) is 90.4 Å². The highest BCUT2D eigenvalue weighted by molar-refractivity contribution is 14.1. The number of hydrogen-bond acceptors (Lipinski definition) is 6. The number of anilines is 1. The van der Waals surface area contributed by atoms with E-state index in [9.17, 15) is 24.3 Å². The van der Waals surface area contributed by atoms with Gasteiger partial charge in [0.1, 0.15) is 6.42 Å². The van der Waals surface area contributed by atoms with Gasteiger partial charge >= 0.3 is 0 Å². The van der Waals surface area contributed by atoms with Crippen molar-refractivity contribution in [3.05, 3.63) is 32.0 Å². The number of carbonyl (C=O) groups is 4. The van der Waals surface area contributed by atoms with Crippen LogP contribution in [0.1, 0.15) is 27.1 Å². The van der Waals surface area contributed by atoms with E-state index < -0.39 is 42.8 Å². The molecule has 4 amide bonds. The Morgan fingerprint density at radius 3 is 2.10 bits per heavy atom. The quantitative estimate of drug-likeness (QED) is 0.152. The molecule has 0 aromatic heterocycles. The standard InChI is InChI=1S/C17H18I4N4O6/c1-6(18)3-23-8(28)2-9(29)25-15-13(20)10(16(22)30)12(19)11(14(15)21)17(31)24-4-7(27)5-26/h7,26-27H,1-5H2,(H2,22,30)(H,23,28)(H,24,31)(H,25,29). The maximum absolute atomic E-state index is 12.7. The summed E-state index contributed by atoms with van der Waals surface area (Å²) in [6, 6.07) is 0. The van der Waals surface area contributed by atoms with Gasteiger partial charge in [-0.3, -0.25) is 19.2 Å². The third kappa shape index (κ3) is 8.51. The number of nitrogens with one attached hydrogen (secondary N) is 3. The van der Waals surface area contributed by atoms with E-state index in [1.165, 1.54) is 0 Å². The van der Waals surface area contributed by atoms with Gasteiger partial charge in [0.15, 0.2) is 0 Å². The molecule has 1 unspecified atom stereocenters. The van der Waals surface area contributed by atoms with Crippen molar-refractivity contribution in [3.8, 4) is 0 Å². The normalized spacial score (nSPS) is 11.4. The van der Waals surface area contributed by atoms with Crippen LogP contribution in [-0.2, 0) is 9.59 Å². The lowest BCUT2D eigenvalue weighted by atomic mass is 10.1. The molecule has 0 aliphatic carbocycles. The molecule has 0 spiro atoms. The highest BCUT2D eigenvalue weighted by Gasteiger charge is 2.28. The average Bonchev–Trinajstić information content (AvgIpc) is 2.67. The predicted molar refractivity (Wildman–Crippen MR) is 148 cm³/mol. The molecule has 170 valence electrons. The molecule has 1 atom stereocenters. The van der Waals surface area contributed by atoms with Crippen molar-refractivity contribution < 1.29 is 29.4 Å². The lowest BCUT2D eigenvalue weighted by molar-refractivity contribution is -0.126. The number of benzene rings is 1. The maximum Gasteiger partial charge on any atom is 0.253 e. The first-order chi connectivity index (χ1) is 14.4. The van der Waals surface area contributed by atoms with Gasteiger partial charge in [-0.2, -0.15) is 0 Å². The van der Waals surface area contributed by atoms with Crippen LogP contribution >= 0.6 is 90.4 Å². The molecular formula is C17H18I4N4O6. The van der Waals surface area contributed by atoms with Crippen molar-refractivity contribution in [2.75, 3.05) is 25.0 Å². The minimum Gasteiger partial charge on any atom is -0.394 e. The van der Waals surface area contributed by atoms with Crippen LogP contribution in [0.2, 0.25) is 0 Å². The van der Waals surface area contributed by atoms with Crippen molar-refractivity contribution in [3.63, 3.8) is 0 Å². The molecule has 10 nitrogen and oxygen atoms in total. The van der Waals surface area contributed by atoms with Crippen LogP contribution in [-0.4, -0.2) is 59.6 Å². The summed E-state index contributed by atoms with van der Waals surface area (Å²) in [5.41, 5.74) is 5.76. The average molecular weight is 882 g/mol. The molecule has 1 aromatic rings. The minimum atomic E-state index is -1.16. The Morgan fingerprint density at radius 1 is 1.00 bits per heavy atom. The first-order valence-corrected chi connectivity index (χ1v) is 12.7. The van der Waals surface area contributed by atoms with Gasteiger partial charge < -0.3 is 31.9 Å². The monoisotopic (exact) mass is 882 g/mol. The number of rotatable bonds is 10. The van der Waals surface area contributed by atoms with Crippen LogP contribution in [0.3, 0.4) is 0 Å². The SMILES string of the molecule is C=C(I)CNC(=O)CC(=O)Nc1c(I)c(C(N)=O)c(I)c(C(=O)NCC(O)CO)c1I. The van der Waals surface area contributed by atoms with Gasteiger partial charge in [0.2, 0.25) is 11.8 Å². The fraction of sp³-hybridized carbons (Fsp3) is 0.294. The molecule has 0 aliphatic rings. The number of halogens is 4. The van der Waals surface area contributed by atoms with Gasteiger partial charge in [0.05, 0.1) is 36.7 Å². The van der Waals surface area contributed by atoms with Crippen molar-refractivity contribution in [2.24, 2.45) is 5.73 Å². The number of hydrogen-bond donors (Lipinski definition) is 6. The summed E-state index contributed by atoms with van der Waals surface area (Å²) >= 11 is 7.43. The van der Waals surface area contributed by atoms with Crippen LogP contribution in [0.4, 0.5) is 5.69 Å². The highest BCUT2D eigenvalue weighted by Crippen LogP contribution is 2.35. The van der Waals surface area contributed by atoms with Crippen LogP contribution in [0.15, 0.2) is 10.2 Å². The second-order valence-corrected chi connectivity index (χ2v) is 10.8. The fourth-order valence-electron chi connectivity index (χ4n) is 2.14. The smallest absolute Gasteiger partial charge is 0.253 e. The van der Waals surface area contributed by atoms with Gasteiger partial charge in [0, 0.05) is 20.2 Å². The van der Waals surface area contributed by atoms with E-state index in [-0.39, 0.29) is 33.5 Å². The molecule has 0 radical (unpaired) electrons. The molecule has 0 bridgehead atoms. The second kappa shape index (κ2) is 13.4. The van der Waals surface area contributed by atoms with Crippen LogP contribution in [0.25, 0.3) is 0 Å². The van der Waals surface area contributed by atoms with Crippen molar-refractivity contribution in [2.45, 2.75) is 12.5 Å². The third-order valence-corrected chi connectivity index (χ3v) is 7.18. The molecule has 0 fully saturated rings. The van der Waals surface area contributed by atoms with Gasteiger partial charge in [-0.1, -0.05) is 6.58 Å². The summed E-state index contributed by atoms with van der Waals surface area (Å²) < 4.78 is 1.61. The Hall–Kier alpha value is -0.320. The van der Waals surface area contributed by atoms with E-state index >= 15 is 0 Å². The molecule has 31 heavy (non-hydrogen) atoms. The fourth-order valence-corrected chi connectivity index (χ4v) is 6.79. The Morgan fingerprint density at radius 2 is 1.58 bits per heavy atom. The molecule has 1 rings (SSSR count). The zero-order valence-electron chi connectivity index (χ0n) is 15.7. The number of aliphatic hydroxyl groups excluding tert-OH is 2. The first-order valence-electron chi connectivity index (χ1n) is 8.37. The summed E-state index contributed by atoms with van der Waals surface area (Å²) in [6.45, 7) is 3.11. The van der Waals surface area contributed by atoms with E-state index in [0.717, 1.165) is 0 Å². The number of amides is 4. The summed E-state index contributed by atoms with van der Waals surface area (Å²) in [5.74, 6) is -2.60. The predicted octanol–water partition coefficient (Wildman–Crippen LogP) is 1.08. The molecule has 0 aliphatic heterocycles. The number of primary amides is 1. The van der Waals surface area contributed by atoms with E-state index in [0.29, 0.717) is 10.7 Å².